The molecule has 0 saturated carbocycles. The van der Waals surface area contributed by atoms with Gasteiger partial charge in [0.15, 0.2) is 0 Å². The molecule has 0 aromatic carbocycles. The lowest BCUT2D eigenvalue weighted by atomic mass is 9.89. The minimum atomic E-state index is -0.542. The molecule has 0 spiro atoms. The summed E-state index contributed by atoms with van der Waals surface area (Å²) in [6.07, 6.45) is 6.53. The fraction of sp³-hybridized carbons (Fsp3) is 0.765. The molecule has 2 saturated heterocycles. The van der Waals surface area contributed by atoms with Crippen LogP contribution in [0.4, 0.5) is 5.82 Å². The lowest BCUT2D eigenvalue weighted by Crippen LogP contribution is -2.49. The summed E-state index contributed by atoms with van der Waals surface area (Å²) in [5, 5.41) is 13.7. The highest BCUT2D eigenvalue weighted by Crippen LogP contribution is 2.26. The van der Waals surface area contributed by atoms with E-state index in [4.69, 9.17) is 4.74 Å². The van der Waals surface area contributed by atoms with Gasteiger partial charge in [-0.1, -0.05) is 0 Å². The summed E-state index contributed by atoms with van der Waals surface area (Å²) < 4.78 is 5.36. The van der Waals surface area contributed by atoms with Crippen molar-refractivity contribution in [2.45, 2.75) is 37.7 Å². The van der Waals surface area contributed by atoms with Crippen molar-refractivity contribution in [1.29, 1.82) is 0 Å². The third kappa shape index (κ3) is 4.62. The minimum Gasteiger partial charge on any atom is -0.388 e. The number of ether oxygens (including phenoxy) is 1. The Kier molecular flexibility index (Phi) is 5.46. The van der Waals surface area contributed by atoms with E-state index in [2.05, 4.69) is 20.2 Å². The Balaban J connectivity index is 1.46. The first-order valence-corrected chi connectivity index (χ1v) is 8.68. The number of hydrogen-bond donors (Lipinski definition) is 2. The molecule has 0 aliphatic carbocycles. The smallest absolute Gasteiger partial charge is 0.129 e. The molecular formula is C17H28N4O2. The van der Waals surface area contributed by atoms with E-state index < -0.39 is 5.60 Å². The SMILES string of the molecule is CNc1cc(CC2CCN(CC3(O)CCOCC3)CC2)ncn1. The second kappa shape index (κ2) is 7.55. The van der Waals surface area contributed by atoms with Gasteiger partial charge in [-0.05, 0) is 38.3 Å². The number of β-amino-alcohol motifs (C(OH)–C–C–N with tert-alkyl or cyclic N) is 1. The van der Waals surface area contributed by atoms with E-state index in [9.17, 15) is 5.11 Å². The van der Waals surface area contributed by atoms with Crippen LogP contribution in [0.25, 0.3) is 0 Å². The first-order valence-electron chi connectivity index (χ1n) is 8.68. The van der Waals surface area contributed by atoms with E-state index in [0.717, 1.165) is 50.4 Å². The predicted octanol–water partition coefficient (Wildman–Crippen LogP) is 1.31. The molecule has 2 aliphatic heterocycles. The second-order valence-electron chi connectivity index (χ2n) is 6.90. The zero-order valence-corrected chi connectivity index (χ0v) is 14.0. The number of nitrogens with one attached hydrogen (secondary N) is 1. The Hall–Kier alpha value is -1.24. The number of aromatic nitrogens is 2. The van der Waals surface area contributed by atoms with Gasteiger partial charge in [0.05, 0.1) is 5.60 Å². The van der Waals surface area contributed by atoms with Crippen LogP contribution in [0.1, 0.15) is 31.4 Å². The van der Waals surface area contributed by atoms with Gasteiger partial charge in [-0.25, -0.2) is 9.97 Å². The van der Waals surface area contributed by atoms with Gasteiger partial charge in [0.25, 0.3) is 0 Å². The fourth-order valence-corrected chi connectivity index (χ4v) is 3.62. The summed E-state index contributed by atoms with van der Waals surface area (Å²) in [6.45, 7) is 4.30. The molecule has 128 valence electrons. The molecule has 2 fully saturated rings. The molecular weight excluding hydrogens is 292 g/mol. The molecule has 6 heteroatoms. The summed E-state index contributed by atoms with van der Waals surface area (Å²) in [6, 6.07) is 2.04. The normalized spacial score (nSPS) is 22.9. The van der Waals surface area contributed by atoms with Crippen LogP contribution in [0, 0.1) is 5.92 Å². The number of anilines is 1. The molecule has 0 radical (unpaired) electrons. The van der Waals surface area contributed by atoms with Crippen LogP contribution >= 0.6 is 0 Å². The van der Waals surface area contributed by atoms with E-state index in [0.29, 0.717) is 19.1 Å². The first-order chi connectivity index (χ1) is 11.2. The van der Waals surface area contributed by atoms with Crippen molar-refractivity contribution in [2.24, 2.45) is 5.92 Å². The van der Waals surface area contributed by atoms with Crippen LogP contribution in [0.3, 0.4) is 0 Å². The number of hydrogen-bond acceptors (Lipinski definition) is 6. The van der Waals surface area contributed by atoms with E-state index in [-0.39, 0.29) is 0 Å². The average Bonchev–Trinajstić information content (AvgIpc) is 2.57. The van der Waals surface area contributed by atoms with Crippen LogP contribution < -0.4 is 5.32 Å². The lowest BCUT2D eigenvalue weighted by molar-refractivity contribution is -0.0829. The fourth-order valence-electron chi connectivity index (χ4n) is 3.62. The van der Waals surface area contributed by atoms with E-state index in [1.54, 1.807) is 6.33 Å². The standard InChI is InChI=1S/C17H28N4O2/c1-18-16-11-15(19-13-20-16)10-14-2-6-21(7-3-14)12-17(22)4-8-23-9-5-17/h11,13-14,22H,2-10,12H2,1H3,(H,18,19,20). The van der Waals surface area contributed by atoms with Crippen LogP contribution in [-0.4, -0.2) is 65.5 Å². The minimum absolute atomic E-state index is 0.542. The number of nitrogens with zero attached hydrogens (tertiary/aromatic N) is 3. The average molecular weight is 320 g/mol. The van der Waals surface area contributed by atoms with Gasteiger partial charge in [-0.2, -0.15) is 0 Å². The summed E-state index contributed by atoms with van der Waals surface area (Å²) >= 11 is 0. The quantitative estimate of drug-likeness (QED) is 0.852. The van der Waals surface area contributed by atoms with Crippen molar-refractivity contribution in [1.82, 2.24) is 14.9 Å². The highest BCUT2D eigenvalue weighted by atomic mass is 16.5. The van der Waals surface area contributed by atoms with Gasteiger partial charge in [-0.3, -0.25) is 0 Å². The maximum Gasteiger partial charge on any atom is 0.129 e. The number of likely N-dealkylation sites (tertiary alicyclic amines) is 1. The molecule has 23 heavy (non-hydrogen) atoms. The number of piperidine rings is 1. The maximum atomic E-state index is 10.6. The van der Waals surface area contributed by atoms with Crippen LogP contribution in [0.5, 0.6) is 0 Å². The monoisotopic (exact) mass is 320 g/mol. The molecule has 6 nitrogen and oxygen atoms in total. The second-order valence-corrected chi connectivity index (χ2v) is 6.90. The first kappa shape index (κ1) is 16.6. The molecule has 1 aromatic rings. The van der Waals surface area contributed by atoms with Crippen molar-refractivity contribution >= 4 is 5.82 Å². The third-order valence-electron chi connectivity index (χ3n) is 5.13. The summed E-state index contributed by atoms with van der Waals surface area (Å²) in [4.78, 5) is 11.0. The molecule has 0 amide bonds. The van der Waals surface area contributed by atoms with Crippen molar-refractivity contribution in [3.05, 3.63) is 18.1 Å². The molecule has 2 aliphatic rings. The Morgan fingerprint density at radius 1 is 1.30 bits per heavy atom. The topological polar surface area (TPSA) is 70.5 Å². The van der Waals surface area contributed by atoms with Gasteiger partial charge >= 0.3 is 0 Å². The van der Waals surface area contributed by atoms with Gasteiger partial charge < -0.3 is 20.1 Å². The molecule has 3 rings (SSSR count). The van der Waals surface area contributed by atoms with Crippen molar-refractivity contribution in [2.75, 3.05) is 45.2 Å². The summed E-state index contributed by atoms with van der Waals surface area (Å²) in [5.41, 5.74) is 0.574. The Bertz CT molecular complexity index is 497. The zero-order valence-electron chi connectivity index (χ0n) is 14.0. The largest absolute Gasteiger partial charge is 0.388 e. The van der Waals surface area contributed by atoms with E-state index in [1.807, 2.05) is 13.1 Å². The van der Waals surface area contributed by atoms with Crippen molar-refractivity contribution in [3.63, 3.8) is 0 Å². The van der Waals surface area contributed by atoms with Gasteiger partial charge in [0.1, 0.15) is 12.1 Å². The van der Waals surface area contributed by atoms with E-state index >= 15 is 0 Å². The molecule has 1 aromatic heterocycles. The van der Waals surface area contributed by atoms with Crippen LogP contribution in [0.15, 0.2) is 12.4 Å². The maximum absolute atomic E-state index is 10.6. The molecule has 0 bridgehead atoms. The Labute approximate surface area is 138 Å². The molecule has 2 N–H and O–H groups in total. The zero-order chi connectivity index (χ0) is 16.1. The van der Waals surface area contributed by atoms with Crippen molar-refractivity contribution in [3.8, 4) is 0 Å². The van der Waals surface area contributed by atoms with Crippen LogP contribution in [-0.2, 0) is 11.2 Å². The molecule has 0 unspecified atom stereocenters. The third-order valence-corrected chi connectivity index (χ3v) is 5.13. The summed E-state index contributed by atoms with van der Waals surface area (Å²) in [5.74, 6) is 1.56. The highest BCUT2D eigenvalue weighted by Gasteiger charge is 2.33. The predicted molar refractivity (Wildman–Crippen MR) is 89.4 cm³/mol. The Morgan fingerprint density at radius 2 is 2.04 bits per heavy atom. The number of aliphatic hydroxyl groups is 1. The molecule has 0 atom stereocenters. The van der Waals surface area contributed by atoms with Gasteiger partial charge in [-0.15, -0.1) is 0 Å². The van der Waals surface area contributed by atoms with Crippen LogP contribution in [0.2, 0.25) is 0 Å². The van der Waals surface area contributed by atoms with E-state index in [1.165, 1.54) is 12.8 Å². The van der Waals surface area contributed by atoms with Crippen molar-refractivity contribution < 1.29 is 9.84 Å². The van der Waals surface area contributed by atoms with Gasteiger partial charge in [0, 0.05) is 51.4 Å². The molecule has 3 heterocycles. The van der Waals surface area contributed by atoms with Gasteiger partial charge in [0.2, 0.25) is 0 Å². The highest BCUT2D eigenvalue weighted by molar-refractivity contribution is 5.33. The summed E-state index contributed by atoms with van der Waals surface area (Å²) in [7, 11) is 1.88. The number of rotatable bonds is 5. The Morgan fingerprint density at radius 3 is 2.74 bits per heavy atom. The lowest BCUT2D eigenvalue weighted by Gasteiger charge is -2.39.